The normalized spacial score (nSPS) is 8.80. The van der Waals surface area contributed by atoms with Crippen molar-refractivity contribution in [3.63, 3.8) is 0 Å². The zero-order valence-corrected chi connectivity index (χ0v) is 12.6. The Labute approximate surface area is 124 Å². The number of aryl methyl sites for hydroxylation is 1. The van der Waals surface area contributed by atoms with Crippen molar-refractivity contribution in [1.82, 2.24) is 9.97 Å². The number of hydrogen-bond acceptors (Lipinski definition) is 4. The minimum Gasteiger partial charge on any atom is -0.434 e. The van der Waals surface area contributed by atoms with Crippen LogP contribution in [0.4, 0.5) is 4.39 Å². The van der Waals surface area contributed by atoms with Crippen molar-refractivity contribution in [2.45, 2.75) is 20.8 Å². The fraction of sp³-hybridized carbons (Fsp3) is 0.214. The van der Waals surface area contributed by atoms with Crippen molar-refractivity contribution in [2.75, 3.05) is 0 Å². The lowest BCUT2D eigenvalue weighted by Crippen LogP contribution is -1.94. The van der Waals surface area contributed by atoms with Crippen LogP contribution in [0.25, 0.3) is 0 Å². The van der Waals surface area contributed by atoms with E-state index in [0.29, 0.717) is 6.29 Å². The van der Waals surface area contributed by atoms with Crippen molar-refractivity contribution in [3.8, 4) is 11.6 Å². The Balaban J connectivity index is 0.00000115. The second-order valence-electron chi connectivity index (χ2n) is 3.43. The van der Waals surface area contributed by atoms with Gasteiger partial charge in [-0.1, -0.05) is 19.9 Å². The molecule has 0 radical (unpaired) electrons. The van der Waals surface area contributed by atoms with Gasteiger partial charge in [-0.2, -0.15) is 13.5 Å². The quantitative estimate of drug-likeness (QED) is 0.811. The molecule has 0 saturated carbocycles. The highest BCUT2D eigenvalue weighted by molar-refractivity contribution is 7.59. The van der Waals surface area contributed by atoms with Crippen LogP contribution in [-0.2, 0) is 0 Å². The largest absolute Gasteiger partial charge is 0.434 e. The van der Waals surface area contributed by atoms with Gasteiger partial charge >= 0.3 is 0 Å². The van der Waals surface area contributed by atoms with Crippen LogP contribution in [0.3, 0.4) is 0 Å². The molecular formula is C14H17FN2O2S. The maximum absolute atomic E-state index is 13.5. The predicted octanol–water partition coefficient (Wildman–Crippen LogP) is 3.67. The molecule has 0 aliphatic rings. The van der Waals surface area contributed by atoms with Crippen LogP contribution >= 0.6 is 13.5 Å². The molecule has 0 amide bonds. The highest BCUT2D eigenvalue weighted by atomic mass is 32.1. The Morgan fingerprint density at radius 3 is 2.40 bits per heavy atom. The Kier molecular flexibility index (Phi) is 8.15. The summed E-state index contributed by atoms with van der Waals surface area (Å²) in [4.78, 5) is 18.0. The number of hydrogen-bond donors (Lipinski definition) is 0. The fourth-order valence-corrected chi connectivity index (χ4v) is 1.24. The van der Waals surface area contributed by atoms with Crippen molar-refractivity contribution in [1.29, 1.82) is 0 Å². The van der Waals surface area contributed by atoms with Gasteiger partial charge in [0, 0.05) is 0 Å². The Bertz CT molecular complexity index is 547. The molecule has 1 heterocycles. The van der Waals surface area contributed by atoms with Crippen molar-refractivity contribution < 1.29 is 13.9 Å². The molecule has 6 heteroatoms. The van der Waals surface area contributed by atoms with Gasteiger partial charge in [0.05, 0.1) is 12.4 Å². The highest BCUT2D eigenvalue weighted by Crippen LogP contribution is 2.22. The average molecular weight is 296 g/mol. The summed E-state index contributed by atoms with van der Waals surface area (Å²) in [5.74, 6) is -0.256. The maximum atomic E-state index is 13.5. The topological polar surface area (TPSA) is 52.1 Å². The Hall–Kier alpha value is -1.95. The first-order valence-corrected chi connectivity index (χ1v) is 5.90. The minimum atomic E-state index is -0.466. The smallest absolute Gasteiger partial charge is 0.238 e. The van der Waals surface area contributed by atoms with Crippen LogP contribution in [-0.4, -0.2) is 16.3 Å². The zero-order chi connectivity index (χ0) is 14.3. The summed E-state index contributed by atoms with van der Waals surface area (Å²) in [6.07, 6.45) is 3.10. The number of carbonyl (C=O) groups is 1. The van der Waals surface area contributed by atoms with E-state index in [1.807, 2.05) is 13.8 Å². The Morgan fingerprint density at radius 2 is 1.90 bits per heavy atom. The van der Waals surface area contributed by atoms with Crippen LogP contribution in [0, 0.1) is 12.7 Å². The zero-order valence-electron chi connectivity index (χ0n) is 11.6. The third-order valence-electron chi connectivity index (χ3n) is 2.07. The molecule has 0 saturated heterocycles. The van der Waals surface area contributed by atoms with Crippen molar-refractivity contribution >= 4 is 19.8 Å². The monoisotopic (exact) mass is 296 g/mol. The number of halogens is 1. The summed E-state index contributed by atoms with van der Waals surface area (Å²) in [7, 11) is 0. The number of aromatic nitrogens is 2. The molecule has 108 valence electrons. The molecule has 20 heavy (non-hydrogen) atoms. The highest BCUT2D eigenvalue weighted by Gasteiger charge is 2.06. The lowest BCUT2D eigenvalue weighted by atomic mass is 10.2. The van der Waals surface area contributed by atoms with Crippen molar-refractivity contribution in [2.24, 2.45) is 0 Å². The molecule has 2 rings (SSSR count). The van der Waals surface area contributed by atoms with Gasteiger partial charge in [0.15, 0.2) is 17.9 Å². The second-order valence-corrected chi connectivity index (χ2v) is 3.43. The summed E-state index contributed by atoms with van der Waals surface area (Å²) in [5.41, 5.74) is 0.999. The van der Waals surface area contributed by atoms with Gasteiger partial charge < -0.3 is 4.74 Å². The van der Waals surface area contributed by atoms with Gasteiger partial charge in [-0.15, -0.1) is 0 Å². The van der Waals surface area contributed by atoms with Gasteiger partial charge in [0.1, 0.15) is 5.69 Å². The summed E-state index contributed by atoms with van der Waals surface area (Å²) >= 11 is 0. The third-order valence-corrected chi connectivity index (χ3v) is 2.07. The van der Waals surface area contributed by atoms with E-state index in [0.717, 1.165) is 5.56 Å². The first-order valence-electron chi connectivity index (χ1n) is 5.90. The second kappa shape index (κ2) is 9.03. The molecule has 1 aromatic heterocycles. The van der Waals surface area contributed by atoms with Crippen LogP contribution in [0.2, 0.25) is 0 Å². The number of benzene rings is 1. The van der Waals surface area contributed by atoms with Gasteiger partial charge in [-0.3, -0.25) is 4.79 Å². The van der Waals surface area contributed by atoms with Gasteiger partial charge in [0.25, 0.3) is 0 Å². The molecule has 0 atom stereocenters. The standard InChI is InChI=1S/C12H9FN2O2.C2H6.H2S/c1-8-2-3-11(10(13)4-8)17-12-6-14-9(7-16)5-15-12;1-2;/h2-7H,1H3;1-2H3;1H2. The molecule has 0 aliphatic heterocycles. The van der Waals surface area contributed by atoms with Gasteiger partial charge in [0.2, 0.25) is 5.88 Å². The molecule has 0 bridgehead atoms. The summed E-state index contributed by atoms with van der Waals surface area (Å²) in [6, 6.07) is 4.61. The van der Waals surface area contributed by atoms with E-state index in [2.05, 4.69) is 9.97 Å². The Morgan fingerprint density at radius 1 is 1.20 bits per heavy atom. The number of nitrogens with zero attached hydrogens (tertiary/aromatic N) is 2. The fourth-order valence-electron chi connectivity index (χ4n) is 1.24. The number of ether oxygens (including phenoxy) is 1. The van der Waals surface area contributed by atoms with Crippen LogP contribution in [0.5, 0.6) is 11.6 Å². The summed E-state index contributed by atoms with van der Waals surface area (Å²) in [6.45, 7) is 5.78. The summed E-state index contributed by atoms with van der Waals surface area (Å²) in [5, 5.41) is 0. The van der Waals surface area contributed by atoms with E-state index in [1.165, 1.54) is 24.5 Å². The van der Waals surface area contributed by atoms with E-state index in [4.69, 9.17) is 4.74 Å². The predicted molar refractivity (Wildman–Crippen MR) is 80.4 cm³/mol. The molecule has 4 nitrogen and oxygen atoms in total. The van der Waals surface area contributed by atoms with Crippen LogP contribution in [0.15, 0.2) is 30.6 Å². The number of rotatable bonds is 3. The molecule has 0 spiro atoms. The van der Waals surface area contributed by atoms with E-state index in [-0.39, 0.29) is 30.8 Å². The van der Waals surface area contributed by atoms with Gasteiger partial charge in [-0.05, 0) is 24.6 Å². The number of aldehydes is 1. The van der Waals surface area contributed by atoms with Crippen LogP contribution in [0.1, 0.15) is 29.9 Å². The first-order chi connectivity index (χ1) is 9.19. The summed E-state index contributed by atoms with van der Waals surface area (Å²) < 4.78 is 18.7. The molecule has 0 fully saturated rings. The van der Waals surface area contributed by atoms with Crippen molar-refractivity contribution in [3.05, 3.63) is 47.7 Å². The molecule has 0 unspecified atom stereocenters. The minimum absolute atomic E-state index is 0. The third kappa shape index (κ3) is 4.97. The molecule has 2 aromatic rings. The molecule has 0 N–H and O–H groups in total. The van der Waals surface area contributed by atoms with Crippen LogP contribution < -0.4 is 4.74 Å². The number of carbonyl (C=O) groups excluding carboxylic acids is 1. The first kappa shape index (κ1) is 18.0. The molecule has 1 aromatic carbocycles. The van der Waals surface area contributed by atoms with Gasteiger partial charge in [-0.25, -0.2) is 14.4 Å². The lowest BCUT2D eigenvalue weighted by Gasteiger charge is -2.05. The maximum Gasteiger partial charge on any atom is 0.238 e. The van der Waals surface area contributed by atoms with E-state index < -0.39 is 5.82 Å². The van der Waals surface area contributed by atoms with E-state index in [9.17, 15) is 9.18 Å². The average Bonchev–Trinajstić information content (AvgIpc) is 2.45. The SMILES string of the molecule is CC.Cc1ccc(Oc2cnc(C=O)cn2)c(F)c1.S. The molecular weight excluding hydrogens is 279 g/mol. The van der Waals surface area contributed by atoms with E-state index >= 15 is 0 Å². The lowest BCUT2D eigenvalue weighted by molar-refractivity contribution is 0.111. The van der Waals surface area contributed by atoms with E-state index in [1.54, 1.807) is 13.0 Å². The molecule has 0 aliphatic carbocycles.